The SMILES string of the molecule is CCn1c2ccccc2c2cc(CN[C@H](C)[C@@H](O)c3ccccc3)ccc21. The molecule has 138 valence electrons. The van der Waals surface area contributed by atoms with Crippen molar-refractivity contribution in [1.29, 1.82) is 0 Å². The second-order valence-corrected chi connectivity index (χ2v) is 7.14. The van der Waals surface area contributed by atoms with Crippen LogP contribution >= 0.6 is 0 Å². The van der Waals surface area contributed by atoms with Gasteiger partial charge in [-0.25, -0.2) is 0 Å². The lowest BCUT2D eigenvalue weighted by Gasteiger charge is -2.20. The fraction of sp³-hybridized carbons (Fsp3) is 0.250. The van der Waals surface area contributed by atoms with E-state index in [0.717, 1.165) is 18.7 Å². The Morgan fingerprint density at radius 1 is 0.889 bits per heavy atom. The predicted molar refractivity (Wildman–Crippen MR) is 113 cm³/mol. The number of para-hydroxylation sites is 1. The first kappa shape index (κ1) is 17.8. The smallest absolute Gasteiger partial charge is 0.0940 e. The lowest BCUT2D eigenvalue weighted by molar-refractivity contribution is 0.135. The second kappa shape index (κ2) is 7.55. The number of aliphatic hydroxyl groups excluding tert-OH is 1. The minimum absolute atomic E-state index is 0.0277. The number of fused-ring (bicyclic) bond motifs is 3. The molecule has 0 aliphatic carbocycles. The molecule has 0 fully saturated rings. The van der Waals surface area contributed by atoms with Gasteiger partial charge in [0.1, 0.15) is 0 Å². The average Bonchev–Trinajstić information content (AvgIpc) is 3.05. The molecule has 0 bridgehead atoms. The third kappa shape index (κ3) is 3.36. The summed E-state index contributed by atoms with van der Waals surface area (Å²) in [5, 5.41) is 16.6. The third-order valence-electron chi connectivity index (χ3n) is 5.40. The normalized spacial score (nSPS) is 13.9. The number of benzene rings is 3. The summed E-state index contributed by atoms with van der Waals surface area (Å²) in [6, 6.07) is 25.1. The van der Waals surface area contributed by atoms with Crippen LogP contribution in [0.2, 0.25) is 0 Å². The van der Waals surface area contributed by atoms with Crippen molar-refractivity contribution in [3.8, 4) is 0 Å². The summed E-state index contributed by atoms with van der Waals surface area (Å²) in [5.41, 5.74) is 4.74. The standard InChI is InChI=1S/C24H26N2O/c1-3-26-22-12-8-7-11-20(22)21-15-18(13-14-23(21)26)16-25-17(2)24(27)19-9-5-4-6-10-19/h4-15,17,24-25,27H,3,16H2,1-2H3/t17-,24-/m1/s1. The molecule has 1 heterocycles. The van der Waals surface area contributed by atoms with Gasteiger partial charge >= 0.3 is 0 Å². The zero-order valence-corrected chi connectivity index (χ0v) is 15.9. The molecule has 3 heteroatoms. The first-order valence-electron chi connectivity index (χ1n) is 9.65. The molecule has 0 unspecified atom stereocenters. The zero-order valence-electron chi connectivity index (χ0n) is 15.9. The van der Waals surface area contributed by atoms with Crippen molar-refractivity contribution in [2.75, 3.05) is 0 Å². The number of rotatable bonds is 6. The Morgan fingerprint density at radius 3 is 2.37 bits per heavy atom. The van der Waals surface area contributed by atoms with E-state index in [4.69, 9.17) is 0 Å². The topological polar surface area (TPSA) is 37.2 Å². The molecule has 3 aromatic carbocycles. The van der Waals surface area contributed by atoms with E-state index in [2.05, 4.69) is 59.3 Å². The van der Waals surface area contributed by atoms with Crippen LogP contribution in [0.15, 0.2) is 72.8 Å². The third-order valence-corrected chi connectivity index (χ3v) is 5.40. The highest BCUT2D eigenvalue weighted by Gasteiger charge is 2.16. The van der Waals surface area contributed by atoms with Gasteiger partial charge in [0, 0.05) is 40.9 Å². The minimum Gasteiger partial charge on any atom is -0.387 e. The van der Waals surface area contributed by atoms with Crippen molar-refractivity contribution in [1.82, 2.24) is 9.88 Å². The Kier molecular flexibility index (Phi) is 4.97. The van der Waals surface area contributed by atoms with Crippen molar-refractivity contribution in [2.45, 2.75) is 39.1 Å². The van der Waals surface area contributed by atoms with E-state index in [1.807, 2.05) is 37.3 Å². The maximum absolute atomic E-state index is 10.5. The number of hydrogen-bond donors (Lipinski definition) is 2. The number of hydrogen-bond acceptors (Lipinski definition) is 2. The van der Waals surface area contributed by atoms with Crippen LogP contribution < -0.4 is 5.32 Å². The first-order chi connectivity index (χ1) is 13.2. The van der Waals surface area contributed by atoms with Crippen molar-refractivity contribution in [3.63, 3.8) is 0 Å². The van der Waals surface area contributed by atoms with Gasteiger partial charge in [-0.2, -0.15) is 0 Å². The van der Waals surface area contributed by atoms with Crippen molar-refractivity contribution in [2.24, 2.45) is 0 Å². The molecule has 4 aromatic rings. The summed E-state index contributed by atoms with van der Waals surface area (Å²) < 4.78 is 2.36. The molecule has 2 atom stereocenters. The lowest BCUT2D eigenvalue weighted by Crippen LogP contribution is -2.31. The van der Waals surface area contributed by atoms with Gasteiger partial charge < -0.3 is 15.0 Å². The van der Waals surface area contributed by atoms with Crippen molar-refractivity contribution >= 4 is 21.8 Å². The van der Waals surface area contributed by atoms with Crippen molar-refractivity contribution in [3.05, 3.63) is 83.9 Å². The maximum Gasteiger partial charge on any atom is 0.0940 e. The zero-order chi connectivity index (χ0) is 18.8. The maximum atomic E-state index is 10.5. The van der Waals surface area contributed by atoms with E-state index in [9.17, 15) is 5.11 Å². The van der Waals surface area contributed by atoms with Gasteiger partial charge in [0.25, 0.3) is 0 Å². The van der Waals surface area contributed by atoms with Gasteiger partial charge in [0.15, 0.2) is 0 Å². The molecule has 0 saturated carbocycles. The largest absolute Gasteiger partial charge is 0.387 e. The van der Waals surface area contributed by atoms with Crippen LogP contribution in [0.4, 0.5) is 0 Å². The van der Waals surface area contributed by atoms with Crippen LogP contribution in [0.3, 0.4) is 0 Å². The van der Waals surface area contributed by atoms with Crippen LogP contribution in [0.5, 0.6) is 0 Å². The molecule has 0 spiro atoms. The molecular formula is C24H26N2O. The Bertz CT molecular complexity index is 1050. The molecule has 0 aliphatic rings. The summed E-state index contributed by atoms with van der Waals surface area (Å²) in [6.45, 7) is 5.90. The van der Waals surface area contributed by atoms with Gasteiger partial charge in [-0.05, 0) is 43.2 Å². The highest BCUT2D eigenvalue weighted by Crippen LogP contribution is 2.29. The number of aliphatic hydroxyl groups is 1. The molecule has 3 nitrogen and oxygen atoms in total. The quantitative estimate of drug-likeness (QED) is 0.507. The number of aryl methyl sites for hydroxylation is 1. The summed E-state index contributed by atoms with van der Waals surface area (Å²) in [6.07, 6.45) is -0.517. The van der Waals surface area contributed by atoms with Crippen LogP contribution in [-0.4, -0.2) is 15.7 Å². The molecular weight excluding hydrogens is 332 g/mol. The van der Waals surface area contributed by atoms with Crippen LogP contribution in [-0.2, 0) is 13.1 Å². The monoisotopic (exact) mass is 358 g/mol. The van der Waals surface area contributed by atoms with Gasteiger partial charge in [-0.3, -0.25) is 0 Å². The van der Waals surface area contributed by atoms with Crippen LogP contribution in [0.25, 0.3) is 21.8 Å². The molecule has 0 radical (unpaired) electrons. The number of nitrogens with one attached hydrogen (secondary N) is 1. The van der Waals surface area contributed by atoms with Crippen LogP contribution in [0, 0.1) is 0 Å². The van der Waals surface area contributed by atoms with Gasteiger partial charge in [-0.1, -0.05) is 54.6 Å². The van der Waals surface area contributed by atoms with Crippen LogP contribution in [0.1, 0.15) is 31.1 Å². The Balaban J connectivity index is 1.57. The van der Waals surface area contributed by atoms with E-state index < -0.39 is 6.10 Å². The summed E-state index contributed by atoms with van der Waals surface area (Å²) in [4.78, 5) is 0. The van der Waals surface area contributed by atoms with Gasteiger partial charge in [-0.15, -0.1) is 0 Å². The summed E-state index contributed by atoms with van der Waals surface area (Å²) >= 11 is 0. The van der Waals surface area contributed by atoms with Gasteiger partial charge in [0.2, 0.25) is 0 Å². The van der Waals surface area contributed by atoms with E-state index in [0.29, 0.717) is 0 Å². The fourth-order valence-electron chi connectivity index (χ4n) is 3.88. The Hall–Kier alpha value is -2.62. The van der Waals surface area contributed by atoms with Crippen molar-refractivity contribution < 1.29 is 5.11 Å². The molecule has 2 N–H and O–H groups in total. The first-order valence-corrected chi connectivity index (χ1v) is 9.65. The molecule has 0 aliphatic heterocycles. The minimum atomic E-state index is -0.517. The second-order valence-electron chi connectivity index (χ2n) is 7.14. The molecule has 4 rings (SSSR count). The molecule has 0 amide bonds. The molecule has 27 heavy (non-hydrogen) atoms. The summed E-state index contributed by atoms with van der Waals surface area (Å²) in [7, 11) is 0. The average molecular weight is 358 g/mol. The molecule has 0 saturated heterocycles. The Morgan fingerprint density at radius 2 is 1.59 bits per heavy atom. The van der Waals surface area contributed by atoms with Gasteiger partial charge in [0.05, 0.1) is 6.10 Å². The summed E-state index contributed by atoms with van der Waals surface area (Å²) in [5.74, 6) is 0. The lowest BCUT2D eigenvalue weighted by atomic mass is 10.0. The van der Waals surface area contributed by atoms with E-state index in [1.54, 1.807) is 0 Å². The van der Waals surface area contributed by atoms with E-state index >= 15 is 0 Å². The number of nitrogens with zero attached hydrogens (tertiary/aromatic N) is 1. The highest BCUT2D eigenvalue weighted by molar-refractivity contribution is 6.08. The molecule has 1 aromatic heterocycles. The van der Waals surface area contributed by atoms with E-state index in [-0.39, 0.29) is 6.04 Å². The van der Waals surface area contributed by atoms with E-state index in [1.165, 1.54) is 27.4 Å². The predicted octanol–water partition coefficient (Wildman–Crippen LogP) is 5.03. The number of aromatic nitrogens is 1. The fourth-order valence-corrected chi connectivity index (χ4v) is 3.88. The Labute approximate surface area is 160 Å². The highest BCUT2D eigenvalue weighted by atomic mass is 16.3.